The Hall–Kier alpha value is -3.66. The Morgan fingerprint density at radius 1 is 1.06 bits per heavy atom. The van der Waals surface area contributed by atoms with E-state index in [0.717, 1.165) is 34.6 Å². The molecule has 274 valence electrons. The van der Waals surface area contributed by atoms with E-state index in [1.165, 1.54) is 22.4 Å². The van der Waals surface area contributed by atoms with Gasteiger partial charge in [-0.25, -0.2) is 22.7 Å². The Bertz CT molecular complexity index is 1800. The maximum atomic E-state index is 13.3. The monoisotopic (exact) mass is 757 g/mol. The average molecular weight is 758 g/mol. The average Bonchev–Trinajstić information content (AvgIpc) is 3.62. The van der Waals surface area contributed by atoms with Crippen molar-refractivity contribution in [2.45, 2.75) is 93.0 Å². The second kappa shape index (κ2) is 17.7. The van der Waals surface area contributed by atoms with Gasteiger partial charge in [-0.1, -0.05) is 66.2 Å². The lowest BCUT2D eigenvalue weighted by molar-refractivity contribution is -0.150. The molecular weight excluding hydrogens is 714 g/mol. The number of rotatable bonds is 16. The van der Waals surface area contributed by atoms with Gasteiger partial charge in [-0.05, 0) is 93.1 Å². The molecule has 12 nitrogen and oxygen atoms in total. The van der Waals surface area contributed by atoms with Gasteiger partial charge < -0.3 is 20.1 Å². The first-order valence-electron chi connectivity index (χ1n) is 17.0. The van der Waals surface area contributed by atoms with Gasteiger partial charge in [-0.15, -0.1) is 0 Å². The third-order valence-electron chi connectivity index (χ3n) is 8.95. The molecule has 5 N–H and O–H groups in total. The number of sulfonamides is 1. The van der Waals surface area contributed by atoms with Crippen molar-refractivity contribution < 1.29 is 32.6 Å². The van der Waals surface area contributed by atoms with Crippen molar-refractivity contribution >= 4 is 57.1 Å². The van der Waals surface area contributed by atoms with Crippen molar-refractivity contribution in [3.63, 3.8) is 0 Å². The molecule has 51 heavy (non-hydrogen) atoms. The molecule has 2 aliphatic rings. The molecule has 5 rings (SSSR count). The number of benzene rings is 3. The highest BCUT2D eigenvalue weighted by molar-refractivity contribution is 7.97. The standard InChI is InChI=1S/C36H44ClN5O7S2/c1-3-49-36(46)28(39-23(2)34(43)42-19-7-10-30(42)35(44)45)17-15-25-11-13-26(14-12-25)22-38-51(47,48)32-21-31-29(20-27(32)37)40-33(41-50-31)18-16-24-8-5-4-6-9-24/h4-6,8-9,11-14,20-21,23,28,30,33,38-41H,3,7,10,15-19,22H2,1-2H3,(H,44,45)/t23?,28-,30-,33-/m0/s1. The van der Waals surface area contributed by atoms with Gasteiger partial charge in [0.05, 0.1) is 29.5 Å². The van der Waals surface area contributed by atoms with Crippen molar-refractivity contribution in [3.8, 4) is 0 Å². The van der Waals surface area contributed by atoms with E-state index < -0.39 is 40.1 Å². The van der Waals surface area contributed by atoms with Crippen LogP contribution in [0.4, 0.5) is 5.69 Å². The molecule has 1 saturated heterocycles. The lowest BCUT2D eigenvalue weighted by atomic mass is 10.0. The van der Waals surface area contributed by atoms with Crippen molar-refractivity contribution in [3.05, 3.63) is 88.4 Å². The Morgan fingerprint density at radius 3 is 2.47 bits per heavy atom. The molecular formula is C36H44ClN5O7S2. The molecule has 2 heterocycles. The number of hydrogen-bond acceptors (Lipinski definition) is 10. The summed E-state index contributed by atoms with van der Waals surface area (Å²) < 4.78 is 37.9. The van der Waals surface area contributed by atoms with Crippen LogP contribution in [0.5, 0.6) is 0 Å². The van der Waals surface area contributed by atoms with Crippen molar-refractivity contribution in [2.75, 3.05) is 18.5 Å². The number of nitrogens with zero attached hydrogens (tertiary/aromatic N) is 1. The molecule has 0 aliphatic carbocycles. The van der Waals surface area contributed by atoms with Crippen LogP contribution in [0.3, 0.4) is 0 Å². The minimum atomic E-state index is -3.94. The van der Waals surface area contributed by atoms with Crippen LogP contribution in [0.25, 0.3) is 0 Å². The molecule has 0 aromatic heterocycles. The number of likely N-dealkylation sites (tertiary alicyclic amines) is 1. The summed E-state index contributed by atoms with van der Waals surface area (Å²) in [5.41, 5.74) is 3.65. The molecule has 0 radical (unpaired) electrons. The van der Waals surface area contributed by atoms with E-state index in [1.807, 2.05) is 42.5 Å². The van der Waals surface area contributed by atoms with E-state index in [2.05, 4.69) is 32.2 Å². The number of esters is 1. The van der Waals surface area contributed by atoms with E-state index in [4.69, 9.17) is 16.3 Å². The van der Waals surface area contributed by atoms with E-state index in [0.29, 0.717) is 32.2 Å². The van der Waals surface area contributed by atoms with E-state index in [-0.39, 0.29) is 35.1 Å². The summed E-state index contributed by atoms with van der Waals surface area (Å²) in [4.78, 5) is 39.5. The minimum Gasteiger partial charge on any atom is -0.480 e. The normalized spacial score (nSPS) is 18.4. The van der Waals surface area contributed by atoms with Crippen LogP contribution < -0.4 is 20.1 Å². The summed E-state index contributed by atoms with van der Waals surface area (Å²) in [6.45, 7) is 3.90. The quantitative estimate of drug-likeness (QED) is 0.101. The molecule has 1 fully saturated rings. The maximum absolute atomic E-state index is 13.3. The smallest absolute Gasteiger partial charge is 0.326 e. The molecule has 0 bridgehead atoms. The van der Waals surface area contributed by atoms with Gasteiger partial charge in [0.15, 0.2) is 0 Å². The lowest BCUT2D eigenvalue weighted by Gasteiger charge is -2.28. The number of anilines is 1. The summed E-state index contributed by atoms with van der Waals surface area (Å²) in [6, 6.07) is 18.3. The summed E-state index contributed by atoms with van der Waals surface area (Å²) in [6.07, 6.45) is 3.54. The predicted octanol–water partition coefficient (Wildman–Crippen LogP) is 4.72. The highest BCUT2D eigenvalue weighted by Gasteiger charge is 2.37. The molecule has 0 saturated carbocycles. The molecule has 1 unspecified atom stereocenters. The zero-order chi connectivity index (χ0) is 36.5. The molecule has 15 heteroatoms. The number of aryl methyl sites for hydroxylation is 2. The fourth-order valence-corrected chi connectivity index (χ4v) is 8.68. The summed E-state index contributed by atoms with van der Waals surface area (Å²) >= 11 is 7.87. The zero-order valence-corrected chi connectivity index (χ0v) is 31.0. The second-order valence-electron chi connectivity index (χ2n) is 12.6. The minimum absolute atomic E-state index is 0.00394. The third kappa shape index (κ3) is 10.2. The number of fused-ring (bicyclic) bond motifs is 1. The Morgan fingerprint density at radius 2 is 1.76 bits per heavy atom. The largest absolute Gasteiger partial charge is 0.480 e. The van der Waals surface area contributed by atoms with Gasteiger partial charge in [-0.2, -0.15) is 0 Å². The number of nitrogens with one attached hydrogen (secondary N) is 4. The first-order valence-corrected chi connectivity index (χ1v) is 19.7. The number of carbonyl (C=O) groups excluding carboxylic acids is 2. The molecule has 1 amide bonds. The van der Waals surface area contributed by atoms with Crippen molar-refractivity contribution in [1.82, 2.24) is 19.7 Å². The number of amides is 1. The van der Waals surface area contributed by atoms with Crippen molar-refractivity contribution in [1.29, 1.82) is 0 Å². The number of aliphatic carboxylic acids is 1. The highest BCUT2D eigenvalue weighted by Crippen LogP contribution is 2.37. The Kier molecular flexibility index (Phi) is 13.4. The van der Waals surface area contributed by atoms with Gasteiger partial charge in [-0.3, -0.25) is 14.9 Å². The number of ether oxygens (including phenoxy) is 1. The van der Waals surface area contributed by atoms with Crippen LogP contribution in [0.1, 0.15) is 56.2 Å². The number of carboxylic acid groups (broad SMARTS) is 1. The Balaban J connectivity index is 1.14. The third-order valence-corrected chi connectivity index (χ3v) is 11.8. The zero-order valence-electron chi connectivity index (χ0n) is 28.6. The number of hydrogen-bond donors (Lipinski definition) is 5. The lowest BCUT2D eigenvalue weighted by Crippen LogP contribution is -2.53. The van der Waals surface area contributed by atoms with Gasteiger partial charge >= 0.3 is 11.9 Å². The SMILES string of the molecule is CCOC(=O)[C@H](CCc1ccc(CNS(=O)(=O)c2cc3c(cc2Cl)N[C@H](CCc2ccccc2)NS3)cc1)NC(C)C(=O)N1CCC[C@H]1C(=O)O. The van der Waals surface area contributed by atoms with Crippen LogP contribution in [0.2, 0.25) is 5.02 Å². The van der Waals surface area contributed by atoms with Crippen molar-refractivity contribution in [2.24, 2.45) is 0 Å². The fraction of sp³-hybridized carbons (Fsp3) is 0.417. The number of carboxylic acids is 1. The molecule has 0 spiro atoms. The second-order valence-corrected chi connectivity index (χ2v) is 15.6. The summed E-state index contributed by atoms with van der Waals surface area (Å²) in [7, 11) is -3.94. The first-order chi connectivity index (χ1) is 24.4. The van der Waals surface area contributed by atoms with Crippen LogP contribution in [-0.4, -0.2) is 73.7 Å². The Labute approximate surface area is 308 Å². The first kappa shape index (κ1) is 38.6. The van der Waals surface area contributed by atoms with Crippen LogP contribution in [-0.2, 0) is 48.5 Å². The maximum Gasteiger partial charge on any atom is 0.326 e. The van der Waals surface area contributed by atoms with Crippen LogP contribution in [0, 0.1) is 0 Å². The summed E-state index contributed by atoms with van der Waals surface area (Å²) in [5.74, 6) is -1.90. The van der Waals surface area contributed by atoms with E-state index in [9.17, 15) is 27.9 Å². The van der Waals surface area contributed by atoms with Gasteiger partial charge in [0, 0.05) is 18.0 Å². The van der Waals surface area contributed by atoms with E-state index in [1.54, 1.807) is 26.0 Å². The summed E-state index contributed by atoms with van der Waals surface area (Å²) in [5, 5.41) is 16.1. The van der Waals surface area contributed by atoms with Crippen LogP contribution >= 0.6 is 23.5 Å². The van der Waals surface area contributed by atoms with E-state index >= 15 is 0 Å². The molecule has 2 aliphatic heterocycles. The van der Waals surface area contributed by atoms with Crippen LogP contribution in [0.15, 0.2) is 76.5 Å². The van der Waals surface area contributed by atoms with Gasteiger partial charge in [0.1, 0.15) is 17.0 Å². The number of halogens is 1. The molecule has 3 aromatic rings. The molecule has 3 aromatic carbocycles. The fourth-order valence-electron chi connectivity index (χ4n) is 6.19. The topological polar surface area (TPSA) is 166 Å². The number of carbonyl (C=O) groups is 3. The molecule has 4 atom stereocenters. The predicted molar refractivity (Wildman–Crippen MR) is 197 cm³/mol. The van der Waals surface area contributed by atoms with Gasteiger partial charge in [0.25, 0.3) is 0 Å². The highest BCUT2D eigenvalue weighted by atomic mass is 35.5. The van der Waals surface area contributed by atoms with Gasteiger partial charge in [0.2, 0.25) is 15.9 Å².